The van der Waals surface area contributed by atoms with Gasteiger partial charge in [0.05, 0.1) is 0 Å². The summed E-state index contributed by atoms with van der Waals surface area (Å²) in [5.41, 5.74) is 0.699. The van der Waals surface area contributed by atoms with Crippen LogP contribution in [0.1, 0.15) is 36.5 Å². The highest BCUT2D eigenvalue weighted by Gasteiger charge is 2.17. The maximum absolute atomic E-state index is 12.1. The molecule has 1 aromatic carbocycles. The third kappa shape index (κ3) is 5.65. The number of carbonyl (C=O) groups is 2. The molecule has 110 valence electrons. The summed E-state index contributed by atoms with van der Waals surface area (Å²) in [5.74, 6) is 0. The molecule has 0 aliphatic carbocycles. The third-order valence-electron chi connectivity index (χ3n) is 3.01. The molecule has 1 unspecified atom stereocenters. The molecule has 1 atom stereocenters. The van der Waals surface area contributed by atoms with E-state index in [1.165, 1.54) is 16.7 Å². The van der Waals surface area contributed by atoms with Gasteiger partial charge in [-0.1, -0.05) is 55.4 Å². The summed E-state index contributed by atoms with van der Waals surface area (Å²) >= 11 is 1.32. The number of rotatable bonds is 7. The average Bonchev–Trinajstić information content (AvgIpc) is 2.45. The maximum atomic E-state index is 12.1. The maximum Gasteiger partial charge on any atom is 0.407 e. The normalized spacial score (nSPS) is 11.9. The van der Waals surface area contributed by atoms with Gasteiger partial charge in [-0.3, -0.25) is 4.79 Å². The molecule has 5 heteroatoms. The third-order valence-corrected chi connectivity index (χ3v) is 4.26. The number of nitrogens with zero attached hydrogens (tertiary/aromatic N) is 1. The quantitative estimate of drug-likeness (QED) is 0.832. The molecule has 0 radical (unpaired) electrons. The van der Waals surface area contributed by atoms with E-state index in [0.29, 0.717) is 18.5 Å². The molecule has 4 nitrogen and oxygen atoms in total. The van der Waals surface area contributed by atoms with Crippen LogP contribution >= 0.6 is 11.8 Å². The van der Waals surface area contributed by atoms with Gasteiger partial charge in [0.25, 0.3) is 0 Å². The Balaban J connectivity index is 2.54. The Morgan fingerprint density at radius 3 is 2.45 bits per heavy atom. The van der Waals surface area contributed by atoms with Gasteiger partial charge in [0.2, 0.25) is 5.12 Å². The van der Waals surface area contributed by atoms with E-state index in [-0.39, 0.29) is 10.4 Å². The summed E-state index contributed by atoms with van der Waals surface area (Å²) in [6, 6.07) is 9.19. The lowest BCUT2D eigenvalue weighted by Gasteiger charge is -2.18. The van der Waals surface area contributed by atoms with E-state index in [4.69, 9.17) is 5.11 Å². The van der Waals surface area contributed by atoms with Gasteiger partial charge in [-0.05, 0) is 12.8 Å². The Bertz CT molecular complexity index is 436. The lowest BCUT2D eigenvalue weighted by Crippen LogP contribution is -2.27. The number of amides is 1. The van der Waals surface area contributed by atoms with Crippen LogP contribution in [0.4, 0.5) is 4.79 Å². The smallest absolute Gasteiger partial charge is 0.407 e. The van der Waals surface area contributed by atoms with Gasteiger partial charge >= 0.3 is 6.09 Å². The van der Waals surface area contributed by atoms with Crippen molar-refractivity contribution in [3.63, 3.8) is 0 Å². The van der Waals surface area contributed by atoms with E-state index < -0.39 is 6.09 Å². The van der Waals surface area contributed by atoms with Crippen molar-refractivity contribution in [2.45, 2.75) is 31.4 Å². The summed E-state index contributed by atoms with van der Waals surface area (Å²) in [6.07, 6.45) is 1.66. The minimum atomic E-state index is -0.931. The van der Waals surface area contributed by atoms with Crippen molar-refractivity contribution in [1.82, 2.24) is 4.90 Å². The molecule has 1 rings (SSSR count). The highest BCUT2D eigenvalue weighted by Crippen LogP contribution is 2.24. The van der Waals surface area contributed by atoms with E-state index in [0.717, 1.165) is 12.8 Å². The van der Waals surface area contributed by atoms with E-state index >= 15 is 0 Å². The van der Waals surface area contributed by atoms with Crippen molar-refractivity contribution >= 4 is 23.0 Å². The van der Waals surface area contributed by atoms with Crippen molar-refractivity contribution in [3.8, 4) is 0 Å². The van der Waals surface area contributed by atoms with Gasteiger partial charge in [0, 0.05) is 24.4 Å². The van der Waals surface area contributed by atoms with Crippen LogP contribution in [0.5, 0.6) is 0 Å². The summed E-state index contributed by atoms with van der Waals surface area (Å²) in [5, 5.41) is 9.06. The van der Waals surface area contributed by atoms with E-state index in [1.807, 2.05) is 30.3 Å². The molecule has 20 heavy (non-hydrogen) atoms. The average molecular weight is 295 g/mol. The van der Waals surface area contributed by atoms with Crippen LogP contribution in [0.25, 0.3) is 0 Å². The van der Waals surface area contributed by atoms with Gasteiger partial charge in [-0.2, -0.15) is 0 Å². The van der Waals surface area contributed by atoms with Gasteiger partial charge in [0.1, 0.15) is 0 Å². The minimum absolute atomic E-state index is 0.0574. The molecule has 0 saturated carbocycles. The van der Waals surface area contributed by atoms with Crippen molar-refractivity contribution in [1.29, 1.82) is 0 Å². The Kier molecular flexibility index (Phi) is 7.15. The molecule has 0 aliphatic heterocycles. The standard InChI is InChI=1S/C15H21NO3S/c1-3-7-13(10-11-16(2)15(18)19)20-14(17)12-8-5-4-6-9-12/h4-6,8-9,13H,3,7,10-11H2,1-2H3,(H,18,19). The molecule has 1 aromatic rings. The van der Waals surface area contributed by atoms with Crippen LogP contribution in [-0.4, -0.2) is 40.1 Å². The van der Waals surface area contributed by atoms with Crippen LogP contribution in [0.3, 0.4) is 0 Å². The topological polar surface area (TPSA) is 57.6 Å². The number of carboxylic acid groups (broad SMARTS) is 1. The Morgan fingerprint density at radius 1 is 1.25 bits per heavy atom. The van der Waals surface area contributed by atoms with Crippen LogP contribution in [0.2, 0.25) is 0 Å². The van der Waals surface area contributed by atoms with E-state index in [1.54, 1.807) is 7.05 Å². The van der Waals surface area contributed by atoms with Crippen molar-refractivity contribution < 1.29 is 14.7 Å². The molecule has 1 N–H and O–H groups in total. The van der Waals surface area contributed by atoms with Gasteiger partial charge in [-0.25, -0.2) is 4.79 Å². The lowest BCUT2D eigenvalue weighted by atomic mass is 10.2. The highest BCUT2D eigenvalue weighted by molar-refractivity contribution is 8.14. The second-order valence-electron chi connectivity index (χ2n) is 4.67. The first-order valence-corrected chi connectivity index (χ1v) is 7.62. The summed E-state index contributed by atoms with van der Waals surface area (Å²) in [4.78, 5) is 24.2. The minimum Gasteiger partial charge on any atom is -0.465 e. The molecular weight excluding hydrogens is 274 g/mol. The van der Waals surface area contributed by atoms with Crippen molar-refractivity contribution in [2.75, 3.05) is 13.6 Å². The van der Waals surface area contributed by atoms with Crippen molar-refractivity contribution in [2.24, 2.45) is 0 Å². The first-order valence-electron chi connectivity index (χ1n) is 6.74. The van der Waals surface area contributed by atoms with Gasteiger partial charge < -0.3 is 10.0 Å². The first-order chi connectivity index (χ1) is 9.54. The van der Waals surface area contributed by atoms with Crippen molar-refractivity contribution in [3.05, 3.63) is 35.9 Å². The fourth-order valence-corrected chi connectivity index (χ4v) is 2.96. The summed E-state index contributed by atoms with van der Waals surface area (Å²) in [6.45, 7) is 2.52. The van der Waals surface area contributed by atoms with Gasteiger partial charge in [0.15, 0.2) is 0 Å². The molecule has 0 aromatic heterocycles. The Labute approximate surface area is 124 Å². The molecule has 0 heterocycles. The van der Waals surface area contributed by atoms with Crippen LogP contribution in [0.15, 0.2) is 30.3 Å². The molecule has 0 spiro atoms. The highest BCUT2D eigenvalue weighted by atomic mass is 32.2. The zero-order chi connectivity index (χ0) is 15.0. The zero-order valence-corrected chi connectivity index (χ0v) is 12.7. The van der Waals surface area contributed by atoms with Crippen LogP contribution < -0.4 is 0 Å². The fraction of sp³-hybridized carbons (Fsp3) is 0.467. The Hall–Kier alpha value is -1.49. The molecule has 1 amide bonds. The zero-order valence-electron chi connectivity index (χ0n) is 11.9. The van der Waals surface area contributed by atoms with Crippen LogP contribution in [-0.2, 0) is 0 Å². The predicted octanol–water partition coefficient (Wildman–Crippen LogP) is 3.73. The second-order valence-corrected chi connectivity index (χ2v) is 5.95. The number of hydrogen-bond donors (Lipinski definition) is 1. The molecule has 0 saturated heterocycles. The van der Waals surface area contributed by atoms with E-state index in [2.05, 4.69) is 6.92 Å². The first kappa shape index (κ1) is 16.6. The SMILES string of the molecule is CCCC(CCN(C)C(=O)O)SC(=O)c1ccccc1. The fourth-order valence-electron chi connectivity index (χ4n) is 1.81. The lowest BCUT2D eigenvalue weighted by molar-refractivity contribution is 0.108. The Morgan fingerprint density at radius 2 is 1.90 bits per heavy atom. The number of carbonyl (C=O) groups excluding carboxylic acids is 1. The monoisotopic (exact) mass is 295 g/mol. The molecule has 0 aliphatic rings. The predicted molar refractivity (Wildman–Crippen MR) is 82.3 cm³/mol. The van der Waals surface area contributed by atoms with E-state index in [9.17, 15) is 9.59 Å². The van der Waals surface area contributed by atoms with Gasteiger partial charge in [-0.15, -0.1) is 0 Å². The second kappa shape index (κ2) is 8.64. The number of benzene rings is 1. The number of hydrogen-bond acceptors (Lipinski definition) is 3. The molecule has 0 bridgehead atoms. The summed E-state index contributed by atoms with van der Waals surface area (Å²) in [7, 11) is 1.55. The summed E-state index contributed by atoms with van der Waals surface area (Å²) < 4.78 is 0. The molecule has 0 fully saturated rings. The largest absolute Gasteiger partial charge is 0.465 e. The molecular formula is C15H21NO3S. The van der Waals surface area contributed by atoms with Crippen LogP contribution in [0, 0.1) is 0 Å². The number of thioether (sulfide) groups is 1.